The van der Waals surface area contributed by atoms with E-state index in [2.05, 4.69) is 20.8 Å². The Bertz CT molecular complexity index is 376. The Morgan fingerprint density at radius 1 is 0.621 bits per heavy atom. The molecule has 0 aliphatic heterocycles. The van der Waals surface area contributed by atoms with E-state index in [1.807, 2.05) is 0 Å². The van der Waals surface area contributed by atoms with E-state index in [4.69, 9.17) is 13.8 Å². The molecule has 0 fully saturated rings. The highest BCUT2D eigenvalue weighted by atomic mass is 31.2. The summed E-state index contributed by atoms with van der Waals surface area (Å²) < 4.78 is 30.1. The Labute approximate surface area is 182 Å². The third-order valence-electron chi connectivity index (χ3n) is 5.58. The summed E-state index contributed by atoms with van der Waals surface area (Å²) >= 11 is 0. The first-order valence-electron chi connectivity index (χ1n) is 12.5. The number of rotatable bonds is 23. The van der Waals surface area contributed by atoms with Crippen LogP contribution in [0.15, 0.2) is 0 Å². The van der Waals surface area contributed by atoms with Gasteiger partial charge in [-0.25, -0.2) is 0 Å². The molecular formula is C24H51O4P. The van der Waals surface area contributed by atoms with Crippen LogP contribution in [0.2, 0.25) is 0 Å². The maximum Gasteiger partial charge on any atom is 0.330 e. The SMILES string of the molecule is CCCCCCCCOP(=O)(CCCC)OCCC(CCCCCC)CCOC. The molecule has 0 spiro atoms. The topological polar surface area (TPSA) is 44.8 Å². The van der Waals surface area contributed by atoms with Gasteiger partial charge < -0.3 is 13.8 Å². The smallest absolute Gasteiger partial charge is 0.330 e. The number of unbranched alkanes of at least 4 members (excludes halogenated alkanes) is 9. The lowest BCUT2D eigenvalue weighted by Crippen LogP contribution is -2.10. The van der Waals surface area contributed by atoms with Gasteiger partial charge in [0, 0.05) is 13.7 Å². The van der Waals surface area contributed by atoms with Gasteiger partial charge in [-0.05, 0) is 31.6 Å². The Morgan fingerprint density at radius 2 is 1.17 bits per heavy atom. The van der Waals surface area contributed by atoms with Crippen LogP contribution in [-0.4, -0.2) is 33.1 Å². The summed E-state index contributed by atoms with van der Waals surface area (Å²) in [5, 5.41) is 0. The van der Waals surface area contributed by atoms with E-state index in [1.165, 1.54) is 57.8 Å². The highest BCUT2D eigenvalue weighted by Gasteiger charge is 2.24. The molecular weight excluding hydrogens is 383 g/mol. The van der Waals surface area contributed by atoms with Gasteiger partial charge in [-0.2, -0.15) is 0 Å². The lowest BCUT2D eigenvalue weighted by molar-refractivity contribution is 0.155. The molecule has 0 rings (SSSR count). The van der Waals surface area contributed by atoms with Crippen LogP contribution in [0.3, 0.4) is 0 Å². The van der Waals surface area contributed by atoms with Crippen LogP contribution in [0, 0.1) is 5.92 Å². The van der Waals surface area contributed by atoms with E-state index in [1.54, 1.807) is 7.11 Å². The maximum atomic E-state index is 13.1. The van der Waals surface area contributed by atoms with Crippen molar-refractivity contribution in [3.8, 4) is 0 Å². The third kappa shape index (κ3) is 18.6. The molecule has 2 atom stereocenters. The second kappa shape index (κ2) is 21.3. The minimum absolute atomic E-state index is 0.541. The first-order chi connectivity index (χ1) is 14.1. The second-order valence-electron chi connectivity index (χ2n) is 8.41. The molecule has 0 saturated heterocycles. The highest BCUT2D eigenvalue weighted by Crippen LogP contribution is 2.49. The first kappa shape index (κ1) is 29.1. The summed E-state index contributed by atoms with van der Waals surface area (Å²) in [6.45, 7) is 8.50. The van der Waals surface area contributed by atoms with E-state index in [0.29, 0.717) is 25.3 Å². The molecule has 5 heteroatoms. The summed E-state index contributed by atoms with van der Waals surface area (Å²) in [6.07, 6.45) is 18.1. The standard InChI is InChI=1S/C24H51O4P/c1-5-8-11-13-14-16-20-27-29(25,23-10-7-3)28-22-19-24(18-21-26-4)17-15-12-9-6-2/h24H,5-23H2,1-4H3. The monoisotopic (exact) mass is 434 g/mol. The molecule has 176 valence electrons. The summed E-state index contributed by atoms with van der Waals surface area (Å²) in [6, 6.07) is 0. The van der Waals surface area contributed by atoms with Crippen LogP contribution in [-0.2, 0) is 18.3 Å². The van der Waals surface area contributed by atoms with Gasteiger partial charge in [0.1, 0.15) is 0 Å². The van der Waals surface area contributed by atoms with Crippen LogP contribution < -0.4 is 0 Å². The number of hydrogen-bond acceptors (Lipinski definition) is 4. The van der Waals surface area contributed by atoms with Crippen molar-refractivity contribution in [3.63, 3.8) is 0 Å². The van der Waals surface area contributed by atoms with Gasteiger partial charge in [0.05, 0.1) is 19.4 Å². The van der Waals surface area contributed by atoms with Gasteiger partial charge in [0.2, 0.25) is 0 Å². The Hall–Kier alpha value is 0.110. The van der Waals surface area contributed by atoms with Crippen molar-refractivity contribution in [1.82, 2.24) is 0 Å². The number of methoxy groups -OCH3 is 1. The highest BCUT2D eigenvalue weighted by molar-refractivity contribution is 7.53. The fraction of sp³-hybridized carbons (Fsp3) is 1.00. The molecule has 0 aliphatic carbocycles. The van der Waals surface area contributed by atoms with E-state index in [9.17, 15) is 4.57 Å². The Morgan fingerprint density at radius 3 is 1.83 bits per heavy atom. The lowest BCUT2D eigenvalue weighted by atomic mass is 9.95. The van der Waals surface area contributed by atoms with Crippen LogP contribution in [0.25, 0.3) is 0 Å². The molecule has 0 radical (unpaired) electrons. The zero-order valence-electron chi connectivity index (χ0n) is 20.1. The predicted molar refractivity (Wildman–Crippen MR) is 126 cm³/mol. The fourth-order valence-corrected chi connectivity index (χ4v) is 5.37. The minimum Gasteiger partial charge on any atom is -0.385 e. The Balaban J connectivity index is 4.29. The molecule has 0 bridgehead atoms. The lowest BCUT2D eigenvalue weighted by Gasteiger charge is -2.21. The molecule has 0 N–H and O–H groups in total. The first-order valence-corrected chi connectivity index (χ1v) is 14.2. The fourth-order valence-electron chi connectivity index (χ4n) is 3.54. The zero-order chi connectivity index (χ0) is 21.6. The van der Waals surface area contributed by atoms with Crippen LogP contribution >= 0.6 is 7.60 Å². The van der Waals surface area contributed by atoms with Crippen molar-refractivity contribution in [2.75, 3.05) is 33.1 Å². The van der Waals surface area contributed by atoms with Crippen molar-refractivity contribution >= 4 is 7.60 Å². The van der Waals surface area contributed by atoms with Crippen molar-refractivity contribution in [2.24, 2.45) is 5.92 Å². The summed E-state index contributed by atoms with van der Waals surface area (Å²) in [5.74, 6) is 0.588. The quantitative estimate of drug-likeness (QED) is 0.120. The van der Waals surface area contributed by atoms with Gasteiger partial charge in [-0.15, -0.1) is 0 Å². The van der Waals surface area contributed by atoms with Crippen LogP contribution in [0.4, 0.5) is 0 Å². The van der Waals surface area contributed by atoms with Gasteiger partial charge in [-0.3, -0.25) is 4.57 Å². The summed E-state index contributed by atoms with van der Waals surface area (Å²) in [7, 11) is -1.18. The van der Waals surface area contributed by atoms with Gasteiger partial charge >= 0.3 is 7.60 Å². The molecule has 0 aliphatic rings. The molecule has 0 aromatic rings. The average molecular weight is 435 g/mol. The third-order valence-corrected chi connectivity index (χ3v) is 7.60. The maximum absolute atomic E-state index is 13.1. The molecule has 0 aromatic carbocycles. The number of hydrogen-bond donors (Lipinski definition) is 0. The second-order valence-corrected chi connectivity index (χ2v) is 10.6. The summed E-state index contributed by atoms with van der Waals surface area (Å²) in [5.41, 5.74) is 0. The molecule has 0 aromatic heterocycles. The summed E-state index contributed by atoms with van der Waals surface area (Å²) in [4.78, 5) is 0. The van der Waals surface area contributed by atoms with Gasteiger partial charge in [0.25, 0.3) is 0 Å². The normalized spacial score (nSPS) is 14.8. The van der Waals surface area contributed by atoms with Crippen LogP contribution in [0.5, 0.6) is 0 Å². The van der Waals surface area contributed by atoms with Crippen molar-refractivity contribution in [2.45, 2.75) is 117 Å². The van der Waals surface area contributed by atoms with Crippen LogP contribution in [0.1, 0.15) is 117 Å². The zero-order valence-corrected chi connectivity index (χ0v) is 21.0. The molecule has 0 heterocycles. The number of ether oxygens (including phenoxy) is 1. The molecule has 0 saturated carbocycles. The average Bonchev–Trinajstić information content (AvgIpc) is 2.72. The predicted octanol–water partition coefficient (Wildman–Crippen LogP) is 8.39. The van der Waals surface area contributed by atoms with Gasteiger partial charge in [-0.1, -0.05) is 91.4 Å². The van der Waals surface area contributed by atoms with Gasteiger partial charge in [0.15, 0.2) is 0 Å². The largest absolute Gasteiger partial charge is 0.385 e. The van der Waals surface area contributed by atoms with Crippen molar-refractivity contribution < 1.29 is 18.3 Å². The minimum atomic E-state index is -2.95. The molecule has 2 unspecified atom stereocenters. The van der Waals surface area contributed by atoms with Crippen molar-refractivity contribution in [1.29, 1.82) is 0 Å². The Kier molecular flexibility index (Phi) is 21.4. The van der Waals surface area contributed by atoms with E-state index < -0.39 is 7.60 Å². The van der Waals surface area contributed by atoms with E-state index in [0.717, 1.165) is 45.1 Å². The molecule has 0 amide bonds. The molecule has 29 heavy (non-hydrogen) atoms. The molecule has 4 nitrogen and oxygen atoms in total. The van der Waals surface area contributed by atoms with Crippen molar-refractivity contribution in [3.05, 3.63) is 0 Å². The van der Waals surface area contributed by atoms with E-state index in [-0.39, 0.29) is 0 Å². The van der Waals surface area contributed by atoms with E-state index >= 15 is 0 Å².